The lowest BCUT2D eigenvalue weighted by Crippen LogP contribution is -2.61. The number of methoxy groups -OCH3 is 2. The van der Waals surface area contributed by atoms with Crippen LogP contribution in [0.2, 0.25) is 0 Å². The molecule has 6 rings (SSSR count). The average molecular weight is 595 g/mol. The van der Waals surface area contributed by atoms with Crippen LogP contribution in [0.5, 0.6) is 0 Å². The van der Waals surface area contributed by atoms with E-state index in [0.29, 0.717) is 6.04 Å². The van der Waals surface area contributed by atoms with E-state index in [-0.39, 0.29) is 34.9 Å². The Labute approximate surface area is 249 Å². The number of fused-ring (bicyclic) bond motifs is 2. The van der Waals surface area contributed by atoms with E-state index >= 15 is 0 Å². The van der Waals surface area contributed by atoms with Crippen molar-refractivity contribution in [2.75, 3.05) is 33.9 Å². The first-order valence-corrected chi connectivity index (χ1v) is 14.7. The Morgan fingerprint density at radius 2 is 1.79 bits per heavy atom. The predicted octanol–water partition coefficient (Wildman–Crippen LogP) is 4.33. The van der Waals surface area contributed by atoms with Crippen LogP contribution in [-0.4, -0.2) is 73.8 Å². The number of benzene rings is 2. The van der Waals surface area contributed by atoms with Crippen LogP contribution in [0.3, 0.4) is 0 Å². The van der Waals surface area contributed by atoms with Gasteiger partial charge in [0.2, 0.25) is 0 Å². The monoisotopic (exact) mass is 594 g/mol. The summed E-state index contributed by atoms with van der Waals surface area (Å²) in [5.74, 6) is -3.11. The van der Waals surface area contributed by atoms with Crippen LogP contribution >= 0.6 is 0 Å². The van der Waals surface area contributed by atoms with Gasteiger partial charge in [-0.15, -0.1) is 0 Å². The van der Waals surface area contributed by atoms with Crippen molar-refractivity contribution in [1.29, 1.82) is 0 Å². The van der Waals surface area contributed by atoms with E-state index in [1.807, 2.05) is 0 Å². The molecule has 2 aliphatic heterocycles. The summed E-state index contributed by atoms with van der Waals surface area (Å²) in [6.45, 7) is 1.84. The maximum atomic E-state index is 14.3. The fraction of sp³-hybridized carbons (Fsp3) is 0.469. The minimum absolute atomic E-state index is 0.0418. The van der Waals surface area contributed by atoms with Gasteiger partial charge in [0.25, 0.3) is 0 Å². The van der Waals surface area contributed by atoms with Gasteiger partial charge in [-0.3, -0.25) is 0 Å². The van der Waals surface area contributed by atoms with E-state index in [2.05, 4.69) is 39.8 Å². The highest BCUT2D eigenvalue weighted by atomic mass is 19.2. The maximum Gasteiger partial charge on any atom is 0.338 e. The number of carbonyl (C=O) groups excluding carboxylic acids is 3. The van der Waals surface area contributed by atoms with Crippen molar-refractivity contribution in [3.8, 4) is 0 Å². The molecule has 0 bridgehead atoms. The molecular formula is C32H36F2N4O5. The molecule has 2 N–H and O–H groups in total. The van der Waals surface area contributed by atoms with E-state index in [4.69, 9.17) is 9.47 Å². The molecule has 2 fully saturated rings. The van der Waals surface area contributed by atoms with Crippen LogP contribution in [0.25, 0.3) is 0 Å². The smallest absolute Gasteiger partial charge is 0.338 e. The number of nitrogens with one attached hydrogen (secondary N) is 2. The van der Waals surface area contributed by atoms with E-state index in [1.165, 1.54) is 30.7 Å². The number of imide groups is 1. The van der Waals surface area contributed by atoms with E-state index in [1.54, 1.807) is 0 Å². The number of halogens is 2. The van der Waals surface area contributed by atoms with Crippen molar-refractivity contribution >= 4 is 18.0 Å². The molecule has 2 aliphatic carbocycles. The first-order chi connectivity index (χ1) is 20.7. The standard InChI is InChI=1S/C32H36F2N4O5/c1-42-18-26-27(29(39)43-2)28(20-7-8-24(33)25(34)15-20)38(31(41)36-26)30(40)35-21-16-22(17-21)37-13-11-32(12-14-37)10-9-19-5-3-4-6-23(19)32/h3-8,15,21-22,28H,9-14,16-18H2,1-2H3,(H,35,40)(H,36,41). The van der Waals surface area contributed by atoms with Crippen LogP contribution in [0.15, 0.2) is 53.7 Å². The number of hydrogen-bond donors (Lipinski definition) is 2. The fourth-order valence-electron chi connectivity index (χ4n) is 7.33. The van der Waals surface area contributed by atoms with E-state index in [0.717, 1.165) is 69.3 Å². The van der Waals surface area contributed by atoms with Crippen molar-refractivity contribution in [1.82, 2.24) is 20.4 Å². The van der Waals surface area contributed by atoms with Crippen molar-refractivity contribution < 1.29 is 32.6 Å². The van der Waals surface area contributed by atoms with Gasteiger partial charge in [-0.25, -0.2) is 28.1 Å². The van der Waals surface area contributed by atoms with Gasteiger partial charge in [0.1, 0.15) is 6.04 Å². The molecule has 9 nitrogen and oxygen atoms in total. The average Bonchev–Trinajstić information content (AvgIpc) is 3.34. The zero-order valence-corrected chi connectivity index (χ0v) is 24.3. The molecule has 228 valence electrons. The van der Waals surface area contributed by atoms with Crippen molar-refractivity contribution in [2.45, 2.75) is 62.1 Å². The number of hydrogen-bond acceptors (Lipinski definition) is 6. The van der Waals surface area contributed by atoms with Gasteiger partial charge in [0.05, 0.1) is 25.0 Å². The summed E-state index contributed by atoms with van der Waals surface area (Å²) in [4.78, 5) is 43.1. The Hall–Kier alpha value is -3.83. The summed E-state index contributed by atoms with van der Waals surface area (Å²) in [5, 5.41) is 5.47. The van der Waals surface area contributed by atoms with Crippen LogP contribution < -0.4 is 10.6 Å². The number of likely N-dealkylation sites (tertiary alicyclic amines) is 1. The van der Waals surface area contributed by atoms with Gasteiger partial charge in [0.15, 0.2) is 11.6 Å². The van der Waals surface area contributed by atoms with Crippen LogP contribution in [-0.2, 0) is 26.1 Å². The van der Waals surface area contributed by atoms with Gasteiger partial charge >= 0.3 is 18.0 Å². The second-order valence-electron chi connectivity index (χ2n) is 11.9. The summed E-state index contributed by atoms with van der Waals surface area (Å²) in [6.07, 6.45) is 6.05. The van der Waals surface area contributed by atoms with E-state index in [9.17, 15) is 23.2 Å². The number of aryl methyl sites for hydroxylation is 1. The summed E-state index contributed by atoms with van der Waals surface area (Å²) < 4.78 is 38.2. The molecule has 4 amide bonds. The first kappa shape index (κ1) is 29.3. The first-order valence-electron chi connectivity index (χ1n) is 14.7. The molecule has 11 heteroatoms. The van der Waals surface area contributed by atoms with E-state index < -0.39 is 35.7 Å². The van der Waals surface area contributed by atoms with Gasteiger partial charge in [-0.05, 0) is 85.9 Å². The summed E-state index contributed by atoms with van der Waals surface area (Å²) in [5.41, 5.74) is 3.28. The Kier molecular flexibility index (Phi) is 7.95. The normalized spacial score (nSPS) is 24.8. The topological polar surface area (TPSA) is 100 Å². The number of piperidine rings is 1. The third-order valence-electron chi connectivity index (χ3n) is 9.68. The third-order valence-corrected chi connectivity index (χ3v) is 9.68. The molecule has 0 radical (unpaired) electrons. The number of esters is 1. The zero-order chi connectivity index (χ0) is 30.3. The lowest BCUT2D eigenvalue weighted by molar-refractivity contribution is -0.137. The molecule has 4 aliphatic rings. The summed E-state index contributed by atoms with van der Waals surface area (Å²) in [6, 6.07) is 9.03. The van der Waals surface area contributed by atoms with Crippen LogP contribution in [0, 0.1) is 11.6 Å². The maximum absolute atomic E-state index is 14.3. The molecule has 1 atom stereocenters. The highest BCUT2D eigenvalue weighted by Crippen LogP contribution is 2.47. The van der Waals surface area contributed by atoms with Crippen LogP contribution in [0.1, 0.15) is 54.8 Å². The number of carbonyl (C=O) groups is 3. The van der Waals surface area contributed by atoms with Gasteiger partial charge in [0, 0.05) is 19.2 Å². The number of amides is 4. The SMILES string of the molecule is COCC1=C(C(=O)OC)C(c2ccc(F)c(F)c2)N(C(=O)NC2CC(N3CCC4(CCc5ccccc54)CC3)C2)C(=O)N1. The summed E-state index contributed by atoms with van der Waals surface area (Å²) in [7, 11) is 2.53. The minimum Gasteiger partial charge on any atom is -0.466 e. The minimum atomic E-state index is -1.36. The predicted molar refractivity (Wildman–Crippen MR) is 153 cm³/mol. The number of rotatable bonds is 6. The van der Waals surface area contributed by atoms with Gasteiger partial charge in [-0.1, -0.05) is 30.3 Å². The number of ether oxygens (including phenoxy) is 2. The quantitative estimate of drug-likeness (QED) is 0.484. The Bertz CT molecular complexity index is 1470. The Morgan fingerprint density at radius 1 is 1.05 bits per heavy atom. The molecule has 1 saturated carbocycles. The molecule has 43 heavy (non-hydrogen) atoms. The number of nitrogens with zero attached hydrogens (tertiary/aromatic N) is 2. The van der Waals surface area contributed by atoms with Crippen molar-refractivity contribution in [3.63, 3.8) is 0 Å². The molecule has 2 heterocycles. The highest BCUT2D eigenvalue weighted by Gasteiger charge is 2.46. The second-order valence-corrected chi connectivity index (χ2v) is 11.9. The molecule has 1 unspecified atom stereocenters. The third kappa shape index (κ3) is 5.29. The highest BCUT2D eigenvalue weighted by molar-refractivity contribution is 6.01. The van der Waals surface area contributed by atoms with Crippen LogP contribution in [0.4, 0.5) is 18.4 Å². The molecule has 0 aromatic heterocycles. The molecule has 1 spiro atoms. The summed E-state index contributed by atoms with van der Waals surface area (Å²) >= 11 is 0. The van der Waals surface area contributed by atoms with Crippen molar-refractivity contribution in [3.05, 3.63) is 82.1 Å². The lowest BCUT2D eigenvalue weighted by atomic mass is 9.72. The fourth-order valence-corrected chi connectivity index (χ4v) is 7.33. The largest absolute Gasteiger partial charge is 0.466 e. The van der Waals surface area contributed by atoms with Gasteiger partial charge < -0.3 is 25.0 Å². The lowest BCUT2D eigenvalue weighted by Gasteiger charge is -2.49. The molecule has 2 aromatic carbocycles. The van der Waals surface area contributed by atoms with Gasteiger partial charge in [-0.2, -0.15) is 0 Å². The molecule has 1 saturated heterocycles. The molecule has 2 aromatic rings. The number of urea groups is 2. The van der Waals surface area contributed by atoms with Crippen molar-refractivity contribution in [2.24, 2.45) is 0 Å². The Balaban J connectivity index is 1.15. The zero-order valence-electron chi connectivity index (χ0n) is 24.3. The second kappa shape index (κ2) is 11.7. The Morgan fingerprint density at radius 3 is 2.49 bits per heavy atom. The molecular weight excluding hydrogens is 558 g/mol.